The summed E-state index contributed by atoms with van der Waals surface area (Å²) in [5, 5.41) is 9.36. The summed E-state index contributed by atoms with van der Waals surface area (Å²) >= 11 is 0. The number of hydrogen-bond donors (Lipinski definition) is 3. The van der Waals surface area contributed by atoms with E-state index in [2.05, 4.69) is 10.4 Å². The summed E-state index contributed by atoms with van der Waals surface area (Å²) in [5.41, 5.74) is 2.92. The van der Waals surface area contributed by atoms with Crippen molar-refractivity contribution in [2.75, 3.05) is 18.5 Å². The van der Waals surface area contributed by atoms with Crippen LogP contribution in [0.25, 0.3) is 0 Å². The van der Waals surface area contributed by atoms with E-state index in [1.165, 1.54) is 6.20 Å². The van der Waals surface area contributed by atoms with Crippen molar-refractivity contribution in [2.24, 2.45) is 5.84 Å². The zero-order valence-corrected chi connectivity index (χ0v) is 8.76. The first-order valence-corrected chi connectivity index (χ1v) is 5.10. The van der Waals surface area contributed by atoms with Gasteiger partial charge in [-0.25, -0.2) is 10.8 Å². The van der Waals surface area contributed by atoms with Gasteiger partial charge < -0.3 is 15.4 Å². The standard InChI is InChI=1S/C10H14N4O2/c11-13-9-5-7(1-3-12-9)10(16)14-4-2-8(15)6-14/h1,3,5,8,15H,2,4,6,11H2,(H,12,13). The van der Waals surface area contributed by atoms with E-state index in [0.717, 1.165) is 0 Å². The third-order valence-corrected chi connectivity index (χ3v) is 2.61. The number of likely N-dealkylation sites (tertiary alicyclic amines) is 1. The molecule has 0 saturated carbocycles. The SMILES string of the molecule is NNc1cc(C(=O)N2CCC(O)C2)ccn1. The van der Waals surface area contributed by atoms with Crippen LogP contribution in [-0.2, 0) is 0 Å². The number of carbonyl (C=O) groups excluding carboxylic acids is 1. The minimum atomic E-state index is -0.405. The quantitative estimate of drug-likeness (QED) is 0.466. The lowest BCUT2D eigenvalue weighted by Crippen LogP contribution is -2.29. The number of aromatic nitrogens is 1. The maximum Gasteiger partial charge on any atom is 0.254 e. The number of hydrazine groups is 1. The fourth-order valence-corrected chi connectivity index (χ4v) is 1.75. The lowest BCUT2D eigenvalue weighted by molar-refractivity contribution is 0.0765. The second-order valence-electron chi connectivity index (χ2n) is 3.77. The van der Waals surface area contributed by atoms with Crippen molar-refractivity contribution >= 4 is 11.7 Å². The van der Waals surface area contributed by atoms with Crippen molar-refractivity contribution in [1.82, 2.24) is 9.88 Å². The van der Waals surface area contributed by atoms with Crippen molar-refractivity contribution in [3.05, 3.63) is 23.9 Å². The van der Waals surface area contributed by atoms with E-state index >= 15 is 0 Å². The molecule has 86 valence electrons. The molecule has 1 fully saturated rings. The van der Waals surface area contributed by atoms with Crippen molar-refractivity contribution in [2.45, 2.75) is 12.5 Å². The molecule has 4 N–H and O–H groups in total. The summed E-state index contributed by atoms with van der Waals surface area (Å²) in [6, 6.07) is 3.22. The van der Waals surface area contributed by atoms with Crippen molar-refractivity contribution < 1.29 is 9.90 Å². The number of nitrogens with one attached hydrogen (secondary N) is 1. The highest BCUT2D eigenvalue weighted by Crippen LogP contribution is 2.14. The normalized spacial score (nSPS) is 19.9. The molecule has 1 aliphatic heterocycles. The van der Waals surface area contributed by atoms with Gasteiger partial charge in [0.2, 0.25) is 0 Å². The van der Waals surface area contributed by atoms with E-state index in [-0.39, 0.29) is 5.91 Å². The smallest absolute Gasteiger partial charge is 0.254 e. The Morgan fingerprint density at radius 1 is 1.69 bits per heavy atom. The number of rotatable bonds is 2. The molecule has 1 atom stereocenters. The van der Waals surface area contributed by atoms with Crippen LogP contribution in [0.2, 0.25) is 0 Å². The van der Waals surface area contributed by atoms with Crippen LogP contribution < -0.4 is 11.3 Å². The number of carbonyl (C=O) groups is 1. The van der Waals surface area contributed by atoms with Gasteiger partial charge in [0, 0.05) is 24.8 Å². The fourth-order valence-electron chi connectivity index (χ4n) is 1.75. The number of β-amino-alcohol motifs (C(OH)–C–C–N with tert-alkyl or cyclic N) is 1. The summed E-state index contributed by atoms with van der Waals surface area (Å²) in [5.74, 6) is 5.57. The number of anilines is 1. The molecule has 0 aromatic carbocycles. The summed E-state index contributed by atoms with van der Waals surface area (Å²) in [6.07, 6.45) is 1.76. The number of hydrogen-bond acceptors (Lipinski definition) is 5. The van der Waals surface area contributed by atoms with Gasteiger partial charge in [0.1, 0.15) is 5.82 Å². The number of pyridine rings is 1. The second-order valence-corrected chi connectivity index (χ2v) is 3.77. The maximum absolute atomic E-state index is 12.0. The van der Waals surface area contributed by atoms with Gasteiger partial charge in [0.15, 0.2) is 0 Å². The number of nitrogens with two attached hydrogens (primary N) is 1. The molecule has 6 nitrogen and oxygen atoms in total. The number of nitrogen functional groups attached to an aromatic ring is 1. The first-order valence-electron chi connectivity index (χ1n) is 5.10. The molecule has 1 aliphatic rings. The minimum Gasteiger partial charge on any atom is -0.391 e. The molecule has 0 aliphatic carbocycles. The molecule has 0 radical (unpaired) electrons. The van der Waals surface area contributed by atoms with Gasteiger partial charge in [0.05, 0.1) is 6.10 Å². The molecule has 1 unspecified atom stereocenters. The van der Waals surface area contributed by atoms with Gasteiger partial charge in [-0.15, -0.1) is 0 Å². The largest absolute Gasteiger partial charge is 0.391 e. The van der Waals surface area contributed by atoms with Crippen LogP contribution in [0.5, 0.6) is 0 Å². The van der Waals surface area contributed by atoms with Gasteiger partial charge in [-0.1, -0.05) is 0 Å². The van der Waals surface area contributed by atoms with E-state index in [1.807, 2.05) is 0 Å². The number of aliphatic hydroxyl groups is 1. The molecule has 1 aromatic heterocycles. The highest BCUT2D eigenvalue weighted by atomic mass is 16.3. The highest BCUT2D eigenvalue weighted by molar-refractivity contribution is 5.95. The molecule has 2 rings (SSSR count). The average Bonchev–Trinajstić information content (AvgIpc) is 2.75. The second kappa shape index (κ2) is 4.46. The Bertz CT molecular complexity index is 396. The third-order valence-electron chi connectivity index (χ3n) is 2.61. The predicted octanol–water partition coefficient (Wildman–Crippen LogP) is -0.426. The third kappa shape index (κ3) is 2.12. The molecular weight excluding hydrogens is 208 g/mol. The van der Waals surface area contributed by atoms with Crippen molar-refractivity contribution in [3.8, 4) is 0 Å². The molecule has 1 saturated heterocycles. The van der Waals surface area contributed by atoms with Gasteiger partial charge >= 0.3 is 0 Å². The van der Waals surface area contributed by atoms with Gasteiger partial charge in [-0.2, -0.15) is 0 Å². The van der Waals surface area contributed by atoms with Crippen LogP contribution in [0.15, 0.2) is 18.3 Å². The number of nitrogens with zero attached hydrogens (tertiary/aromatic N) is 2. The molecule has 1 aromatic rings. The van der Waals surface area contributed by atoms with Crippen LogP contribution in [-0.4, -0.2) is 40.1 Å². The summed E-state index contributed by atoms with van der Waals surface area (Å²) < 4.78 is 0. The Kier molecular flexibility index (Phi) is 3.02. The Labute approximate surface area is 93.0 Å². The number of aliphatic hydroxyl groups excluding tert-OH is 1. The highest BCUT2D eigenvalue weighted by Gasteiger charge is 2.25. The van der Waals surface area contributed by atoms with E-state index in [9.17, 15) is 9.90 Å². The lowest BCUT2D eigenvalue weighted by Gasteiger charge is -2.15. The Morgan fingerprint density at radius 2 is 2.50 bits per heavy atom. The number of amides is 1. The lowest BCUT2D eigenvalue weighted by atomic mass is 10.2. The monoisotopic (exact) mass is 222 g/mol. The first-order chi connectivity index (χ1) is 7.70. The first kappa shape index (κ1) is 10.8. The van der Waals surface area contributed by atoms with Crippen molar-refractivity contribution in [1.29, 1.82) is 0 Å². The average molecular weight is 222 g/mol. The minimum absolute atomic E-state index is 0.101. The van der Waals surface area contributed by atoms with E-state index in [0.29, 0.717) is 30.9 Å². The molecule has 0 spiro atoms. The zero-order valence-electron chi connectivity index (χ0n) is 8.76. The molecule has 6 heteroatoms. The van der Waals surface area contributed by atoms with Crippen LogP contribution in [0.4, 0.5) is 5.82 Å². The fraction of sp³-hybridized carbons (Fsp3) is 0.400. The van der Waals surface area contributed by atoms with Gasteiger partial charge in [-0.3, -0.25) is 4.79 Å². The van der Waals surface area contributed by atoms with E-state index < -0.39 is 6.10 Å². The van der Waals surface area contributed by atoms with E-state index in [1.54, 1.807) is 17.0 Å². The van der Waals surface area contributed by atoms with Crippen LogP contribution in [0.1, 0.15) is 16.8 Å². The zero-order chi connectivity index (χ0) is 11.5. The Balaban J connectivity index is 2.14. The Hall–Kier alpha value is -1.66. The van der Waals surface area contributed by atoms with E-state index in [4.69, 9.17) is 5.84 Å². The molecule has 16 heavy (non-hydrogen) atoms. The molecular formula is C10H14N4O2. The molecule has 2 heterocycles. The van der Waals surface area contributed by atoms with Crippen LogP contribution in [0.3, 0.4) is 0 Å². The molecule has 0 bridgehead atoms. The summed E-state index contributed by atoms with van der Waals surface area (Å²) in [7, 11) is 0. The maximum atomic E-state index is 12.0. The Morgan fingerprint density at radius 3 is 3.12 bits per heavy atom. The predicted molar refractivity (Wildman–Crippen MR) is 58.6 cm³/mol. The summed E-state index contributed by atoms with van der Waals surface area (Å²) in [6.45, 7) is 0.986. The van der Waals surface area contributed by atoms with Crippen molar-refractivity contribution in [3.63, 3.8) is 0 Å². The van der Waals surface area contributed by atoms with Crippen LogP contribution >= 0.6 is 0 Å². The molecule has 1 amide bonds. The van der Waals surface area contributed by atoms with Crippen LogP contribution in [0, 0.1) is 0 Å². The van der Waals surface area contributed by atoms with Gasteiger partial charge in [0.25, 0.3) is 5.91 Å². The topological polar surface area (TPSA) is 91.5 Å². The van der Waals surface area contributed by atoms with Gasteiger partial charge in [-0.05, 0) is 18.6 Å². The summed E-state index contributed by atoms with van der Waals surface area (Å²) in [4.78, 5) is 17.5.